The van der Waals surface area contributed by atoms with E-state index in [9.17, 15) is 18.0 Å². The molecule has 1 unspecified atom stereocenters. The zero-order valence-electron chi connectivity index (χ0n) is 20.7. The number of fused-ring (bicyclic) bond motifs is 2. The number of benzene rings is 4. The van der Waals surface area contributed by atoms with Crippen LogP contribution in [0.15, 0.2) is 95.9 Å². The highest BCUT2D eigenvalue weighted by Gasteiger charge is 2.34. The van der Waals surface area contributed by atoms with E-state index < -0.39 is 27.8 Å². The highest BCUT2D eigenvalue weighted by molar-refractivity contribution is 7.90. The molecule has 0 aliphatic carbocycles. The summed E-state index contributed by atoms with van der Waals surface area (Å²) in [5.74, 6) is -2.23. The number of para-hydroxylation sites is 1. The van der Waals surface area contributed by atoms with Gasteiger partial charge in [0.1, 0.15) is 12.5 Å². The maximum absolute atomic E-state index is 13.8. The molecule has 8 nitrogen and oxygen atoms in total. The molecule has 5 rings (SSSR count). The quantitative estimate of drug-likeness (QED) is 0.268. The third kappa shape index (κ3) is 5.25. The molecule has 0 saturated carbocycles. The number of anilines is 1. The van der Waals surface area contributed by atoms with E-state index in [0.717, 1.165) is 16.3 Å². The molecule has 38 heavy (non-hydrogen) atoms. The van der Waals surface area contributed by atoms with Crippen LogP contribution in [0.1, 0.15) is 18.1 Å². The molecule has 1 heterocycles. The molecule has 4 aromatic carbocycles. The molecule has 194 valence electrons. The third-order valence-corrected chi connectivity index (χ3v) is 7.81. The molecular weight excluding hydrogens is 504 g/mol. The Morgan fingerprint density at radius 1 is 0.921 bits per heavy atom. The van der Waals surface area contributed by atoms with Gasteiger partial charge < -0.3 is 9.79 Å². The van der Waals surface area contributed by atoms with E-state index in [-0.39, 0.29) is 11.3 Å². The lowest BCUT2D eigenvalue weighted by atomic mass is 9.96. The summed E-state index contributed by atoms with van der Waals surface area (Å²) < 4.78 is 28.6. The summed E-state index contributed by atoms with van der Waals surface area (Å²) in [4.78, 5) is 38.9. The predicted octanol–water partition coefficient (Wildman–Crippen LogP) is 4.38. The van der Waals surface area contributed by atoms with Gasteiger partial charge in [0.05, 0.1) is 4.90 Å². The van der Waals surface area contributed by atoms with Gasteiger partial charge in [0, 0.05) is 17.8 Å². The van der Waals surface area contributed by atoms with Crippen molar-refractivity contribution >= 4 is 38.3 Å². The second-order valence-corrected chi connectivity index (χ2v) is 10.6. The fraction of sp³-hybridized carbons (Fsp3) is 0.172. The van der Waals surface area contributed by atoms with Crippen LogP contribution in [-0.4, -0.2) is 26.8 Å². The van der Waals surface area contributed by atoms with Crippen molar-refractivity contribution in [2.45, 2.75) is 24.8 Å². The molecule has 0 aromatic heterocycles. The first-order chi connectivity index (χ1) is 18.4. The molecule has 0 spiro atoms. The summed E-state index contributed by atoms with van der Waals surface area (Å²) >= 11 is 0. The Hall–Kier alpha value is -4.21. The van der Waals surface area contributed by atoms with Crippen LogP contribution in [0.25, 0.3) is 10.8 Å². The van der Waals surface area contributed by atoms with Gasteiger partial charge in [-0.1, -0.05) is 60.7 Å². The number of carbonyl (C=O) groups is 2. The highest BCUT2D eigenvalue weighted by Crippen LogP contribution is 2.29. The van der Waals surface area contributed by atoms with E-state index >= 15 is 0 Å². The summed E-state index contributed by atoms with van der Waals surface area (Å²) in [5, 5.41) is 1.59. The normalized spacial score (nSPS) is 13.4. The van der Waals surface area contributed by atoms with Gasteiger partial charge in [0.25, 0.3) is 10.0 Å². The van der Waals surface area contributed by atoms with Crippen LogP contribution in [-0.2, 0) is 37.5 Å². The van der Waals surface area contributed by atoms with E-state index in [1.807, 2.05) is 18.2 Å². The Kier molecular flexibility index (Phi) is 7.13. The van der Waals surface area contributed by atoms with Crippen LogP contribution in [0.3, 0.4) is 0 Å². The fourth-order valence-electron chi connectivity index (χ4n) is 4.47. The topological polar surface area (TPSA) is 102 Å². The van der Waals surface area contributed by atoms with Crippen molar-refractivity contribution < 1.29 is 27.8 Å². The average molecular weight is 531 g/mol. The molecule has 1 aliphatic heterocycles. The summed E-state index contributed by atoms with van der Waals surface area (Å²) in [5.41, 5.74) is 2.09. The lowest BCUT2D eigenvalue weighted by Gasteiger charge is -2.26. The van der Waals surface area contributed by atoms with E-state index in [2.05, 4.69) is 4.72 Å². The van der Waals surface area contributed by atoms with Crippen LogP contribution in [0, 0.1) is 5.92 Å². The van der Waals surface area contributed by atoms with Crippen molar-refractivity contribution in [3.05, 3.63) is 102 Å². The number of sulfonamides is 1. The molecule has 9 heteroatoms. The zero-order chi connectivity index (χ0) is 26.7. The molecule has 1 N–H and O–H groups in total. The molecule has 4 aromatic rings. The fourth-order valence-corrected chi connectivity index (χ4v) is 5.52. The minimum Gasteiger partial charge on any atom is -0.337 e. The minimum absolute atomic E-state index is 0.0299. The molecule has 2 amide bonds. The van der Waals surface area contributed by atoms with Crippen LogP contribution < -0.4 is 14.5 Å². The Bertz CT molecular complexity index is 1600. The number of nitrogens with one attached hydrogen (secondary N) is 1. The van der Waals surface area contributed by atoms with E-state index in [0.29, 0.717) is 30.2 Å². The van der Waals surface area contributed by atoms with Gasteiger partial charge in [-0.2, -0.15) is 4.89 Å². The number of amides is 2. The Morgan fingerprint density at radius 2 is 1.66 bits per heavy atom. The van der Waals surface area contributed by atoms with Crippen molar-refractivity contribution in [2.24, 2.45) is 5.92 Å². The molecule has 1 atom stereocenters. The monoisotopic (exact) mass is 530 g/mol. The maximum Gasteiger partial charge on any atom is 0.264 e. The molecular formula is C29H26N2O6S. The van der Waals surface area contributed by atoms with Crippen molar-refractivity contribution in [2.75, 3.05) is 11.4 Å². The second-order valence-electron chi connectivity index (χ2n) is 8.94. The summed E-state index contributed by atoms with van der Waals surface area (Å²) in [6.45, 7) is 2.40. The Balaban J connectivity index is 1.46. The van der Waals surface area contributed by atoms with Crippen LogP contribution >= 0.6 is 0 Å². The maximum atomic E-state index is 13.8. The van der Waals surface area contributed by atoms with Gasteiger partial charge in [-0.05, 0) is 60.0 Å². The highest BCUT2D eigenvalue weighted by atomic mass is 32.2. The van der Waals surface area contributed by atoms with Crippen molar-refractivity contribution in [1.82, 2.24) is 4.72 Å². The predicted molar refractivity (Wildman–Crippen MR) is 143 cm³/mol. The van der Waals surface area contributed by atoms with Crippen LogP contribution in [0.4, 0.5) is 5.69 Å². The van der Waals surface area contributed by atoms with Gasteiger partial charge in [-0.3, -0.25) is 9.59 Å². The van der Waals surface area contributed by atoms with E-state index in [1.165, 1.54) is 17.0 Å². The number of carbonyl (C=O) groups excluding carboxylic acids is 2. The standard InChI is InChI=1S/C29H26N2O6S/c1-2-31(24-10-4-3-5-11-24)29(33)26(16-20-12-13-23-19-36-37-27(23)17-20)28(32)30-38(34,35)25-15-14-21-8-6-7-9-22(21)18-25/h3-15,17-18,26H,2,16,19H2,1H3,(H,30,32). The largest absolute Gasteiger partial charge is 0.337 e. The first kappa shape index (κ1) is 25.4. The van der Waals surface area contributed by atoms with Gasteiger partial charge in [-0.25, -0.2) is 13.1 Å². The summed E-state index contributed by atoms with van der Waals surface area (Å²) in [7, 11) is -4.24. The third-order valence-electron chi connectivity index (χ3n) is 6.47. The molecule has 0 saturated heterocycles. The smallest absolute Gasteiger partial charge is 0.264 e. The van der Waals surface area contributed by atoms with Gasteiger partial charge >= 0.3 is 0 Å². The van der Waals surface area contributed by atoms with Crippen molar-refractivity contribution in [3.8, 4) is 5.75 Å². The summed E-state index contributed by atoms with van der Waals surface area (Å²) in [6, 6.07) is 26.2. The zero-order valence-corrected chi connectivity index (χ0v) is 21.5. The van der Waals surface area contributed by atoms with Crippen LogP contribution in [0.2, 0.25) is 0 Å². The second kappa shape index (κ2) is 10.6. The van der Waals surface area contributed by atoms with Crippen molar-refractivity contribution in [1.29, 1.82) is 0 Å². The lowest BCUT2D eigenvalue weighted by molar-refractivity contribution is -0.194. The number of rotatable bonds is 8. The molecule has 0 fully saturated rings. The van der Waals surface area contributed by atoms with E-state index in [4.69, 9.17) is 9.78 Å². The van der Waals surface area contributed by atoms with Gasteiger partial charge in [-0.15, -0.1) is 0 Å². The SMILES string of the molecule is CCN(C(=O)C(Cc1ccc2c(c1)OOC2)C(=O)NS(=O)(=O)c1ccc2ccccc2c1)c1ccccc1. The number of hydrogen-bond donors (Lipinski definition) is 1. The Labute approximate surface area is 220 Å². The van der Waals surface area contributed by atoms with Gasteiger partial charge in [0.2, 0.25) is 11.8 Å². The number of hydrogen-bond acceptors (Lipinski definition) is 6. The minimum atomic E-state index is -4.24. The molecule has 1 aliphatic rings. The van der Waals surface area contributed by atoms with Crippen LogP contribution in [0.5, 0.6) is 5.75 Å². The average Bonchev–Trinajstić information content (AvgIpc) is 3.40. The molecule has 0 bridgehead atoms. The number of nitrogens with zero attached hydrogens (tertiary/aromatic N) is 1. The van der Waals surface area contributed by atoms with Crippen molar-refractivity contribution in [3.63, 3.8) is 0 Å². The van der Waals surface area contributed by atoms with Gasteiger partial charge in [0.15, 0.2) is 5.75 Å². The lowest BCUT2D eigenvalue weighted by Crippen LogP contribution is -2.46. The first-order valence-corrected chi connectivity index (χ1v) is 13.7. The summed E-state index contributed by atoms with van der Waals surface area (Å²) in [6.07, 6.45) is -0.0299. The first-order valence-electron chi connectivity index (χ1n) is 12.2. The Morgan fingerprint density at radius 3 is 2.42 bits per heavy atom. The molecule has 0 radical (unpaired) electrons. The van der Waals surface area contributed by atoms with E-state index in [1.54, 1.807) is 67.6 Å².